The molecular weight excluding hydrogens is 1530 g/mol. The van der Waals surface area contributed by atoms with Crippen molar-refractivity contribution in [2.75, 3.05) is 0 Å². The van der Waals surface area contributed by atoms with E-state index < -0.39 is 0 Å². The van der Waals surface area contributed by atoms with Crippen LogP contribution in [0.15, 0.2) is 340 Å². The minimum absolute atomic E-state index is 1.01. The normalized spacial score (nSPS) is 11.9. The van der Waals surface area contributed by atoms with Crippen LogP contribution < -0.4 is 0 Å². The molecule has 0 unspecified atom stereocenters. The molecule has 0 bridgehead atoms. The summed E-state index contributed by atoms with van der Waals surface area (Å²) in [4.78, 5) is 0. The van der Waals surface area contributed by atoms with E-state index in [0.29, 0.717) is 0 Å². The molecule has 8 nitrogen and oxygen atoms in total. The van der Waals surface area contributed by atoms with E-state index in [9.17, 15) is 0 Å². The minimum Gasteiger partial charge on any atom is -0.340 e. The van der Waals surface area contributed by atoms with Crippen LogP contribution in [0.25, 0.3) is 174 Å². The lowest BCUT2D eigenvalue weighted by Gasteiger charge is -2.11. The molecule has 0 aliphatic carbocycles. The second-order valence-corrected chi connectivity index (χ2v) is 35.6. The van der Waals surface area contributed by atoms with Gasteiger partial charge in [-0.1, -0.05) is 241 Å². The van der Waals surface area contributed by atoms with Crippen LogP contribution in [0.5, 0.6) is 0 Å². The molecule has 16 aromatic carbocycles. The van der Waals surface area contributed by atoms with E-state index in [1.165, 1.54) is 219 Å². The second-order valence-electron chi connectivity index (χ2n) is 35.6. The first kappa shape index (κ1) is 79.1. The summed E-state index contributed by atoms with van der Waals surface area (Å²) in [6, 6.07) is 125. The average molecular weight is 1640 g/mol. The topological polar surface area (TPSA) is 39.4 Å². The van der Waals surface area contributed by atoms with Crippen LogP contribution in [0.4, 0.5) is 0 Å². The van der Waals surface area contributed by atoms with Crippen molar-refractivity contribution in [2.24, 2.45) is 0 Å². The molecular formula is C118H108N8. The van der Waals surface area contributed by atoms with Crippen molar-refractivity contribution >= 4 is 174 Å². The van der Waals surface area contributed by atoms with Gasteiger partial charge in [-0.3, -0.25) is 0 Å². The molecule has 24 rings (SSSR count). The van der Waals surface area contributed by atoms with Gasteiger partial charge in [-0.15, -0.1) is 0 Å². The molecule has 0 spiro atoms. The fourth-order valence-corrected chi connectivity index (χ4v) is 21.1. The van der Waals surface area contributed by atoms with Crippen molar-refractivity contribution in [3.8, 4) is 0 Å². The van der Waals surface area contributed by atoms with Crippen molar-refractivity contribution in [3.63, 3.8) is 0 Å². The lowest BCUT2D eigenvalue weighted by molar-refractivity contribution is 0.583. The Morgan fingerprint density at radius 2 is 0.254 bits per heavy atom. The van der Waals surface area contributed by atoms with Gasteiger partial charge in [0, 0.05) is 227 Å². The number of rotatable bonds is 18. The Hall–Kier alpha value is -14.1. The molecule has 8 aromatic heterocycles. The summed E-state index contributed by atoms with van der Waals surface area (Å²) in [5, 5.41) is 21.8. The van der Waals surface area contributed by atoms with Crippen LogP contribution in [-0.2, 0) is 52.4 Å². The second kappa shape index (κ2) is 33.5. The highest BCUT2D eigenvalue weighted by molar-refractivity contribution is 6.14. The van der Waals surface area contributed by atoms with Crippen LogP contribution in [0, 0.1) is 55.4 Å². The van der Waals surface area contributed by atoms with Gasteiger partial charge in [0.2, 0.25) is 0 Å². The lowest BCUT2D eigenvalue weighted by Crippen LogP contribution is -2.04. The Bertz CT molecular complexity index is 7840. The number of para-hydroxylation sites is 8. The van der Waals surface area contributed by atoms with Gasteiger partial charge in [0.15, 0.2) is 0 Å². The van der Waals surface area contributed by atoms with E-state index in [2.05, 4.69) is 432 Å². The summed E-state index contributed by atoms with van der Waals surface area (Å²) in [5.74, 6) is 0. The number of unbranched alkanes of at least 4 members (excludes halogenated alkanes) is 2. The Kier molecular flexibility index (Phi) is 21.1. The average Bonchev–Trinajstić information content (AvgIpc) is 1.74. The zero-order valence-corrected chi connectivity index (χ0v) is 73.8. The highest BCUT2D eigenvalue weighted by atomic mass is 15.0. The van der Waals surface area contributed by atoms with Gasteiger partial charge in [-0.2, -0.15) is 0 Å². The van der Waals surface area contributed by atoms with Gasteiger partial charge in [0.1, 0.15) is 0 Å². The minimum atomic E-state index is 1.01. The third-order valence-electron chi connectivity index (χ3n) is 27.0. The summed E-state index contributed by atoms with van der Waals surface area (Å²) in [6.45, 7) is 25.7. The first-order valence-corrected chi connectivity index (χ1v) is 45.6. The smallest absolute Gasteiger partial charge is 0.0494 e. The van der Waals surface area contributed by atoms with Gasteiger partial charge in [0.05, 0.1) is 0 Å². The number of benzene rings is 16. The maximum atomic E-state index is 2.54. The van der Waals surface area contributed by atoms with Crippen molar-refractivity contribution in [3.05, 3.63) is 384 Å². The third kappa shape index (κ3) is 14.5. The maximum Gasteiger partial charge on any atom is 0.0494 e. The van der Waals surface area contributed by atoms with E-state index in [0.717, 1.165) is 90.9 Å². The van der Waals surface area contributed by atoms with E-state index in [4.69, 9.17) is 0 Å². The van der Waals surface area contributed by atoms with Crippen LogP contribution in [-0.4, -0.2) is 36.5 Å². The highest BCUT2D eigenvalue weighted by Gasteiger charge is 2.20. The Balaban J connectivity index is 0.000000103. The molecule has 0 N–H and O–H groups in total. The van der Waals surface area contributed by atoms with Crippen LogP contribution in [0.3, 0.4) is 0 Å². The van der Waals surface area contributed by atoms with E-state index in [1.54, 1.807) is 0 Å². The molecule has 126 heavy (non-hydrogen) atoms. The summed E-state index contributed by atoms with van der Waals surface area (Å²) in [7, 11) is 0. The fraction of sp³-hybridized carbons (Fsp3) is 0.186. The third-order valence-corrected chi connectivity index (χ3v) is 27.0. The summed E-state index contributed by atoms with van der Waals surface area (Å²) < 4.78 is 20.1. The first-order chi connectivity index (χ1) is 61.8. The fourth-order valence-electron chi connectivity index (χ4n) is 21.1. The number of hydrogen-bond acceptors (Lipinski definition) is 0. The molecule has 8 heterocycles. The first-order valence-electron chi connectivity index (χ1n) is 45.6. The zero-order chi connectivity index (χ0) is 85.2. The largest absolute Gasteiger partial charge is 0.340 e. The lowest BCUT2D eigenvalue weighted by atomic mass is 10.1. The van der Waals surface area contributed by atoms with Gasteiger partial charge in [-0.05, 0) is 237 Å². The van der Waals surface area contributed by atoms with Crippen LogP contribution in [0.2, 0.25) is 0 Å². The molecule has 0 amide bonds. The number of aromatic nitrogens is 8. The van der Waals surface area contributed by atoms with Gasteiger partial charge in [-0.25, -0.2) is 0 Å². The Morgan fingerprint density at radius 3 is 0.444 bits per heavy atom. The van der Waals surface area contributed by atoms with E-state index in [-0.39, 0.29) is 0 Å². The van der Waals surface area contributed by atoms with Gasteiger partial charge in [0.25, 0.3) is 0 Å². The van der Waals surface area contributed by atoms with E-state index >= 15 is 0 Å². The summed E-state index contributed by atoms with van der Waals surface area (Å²) in [6.07, 6.45) is 6.79. The quantitative estimate of drug-likeness (QED) is 0.0768. The molecule has 0 fully saturated rings. The number of hydrogen-bond donors (Lipinski definition) is 0. The summed E-state index contributed by atoms with van der Waals surface area (Å²) in [5.41, 5.74) is 32.1. The predicted molar refractivity (Wildman–Crippen MR) is 541 cm³/mol. The number of aryl methyl sites for hydroxylation is 16. The Labute approximate surface area is 736 Å². The van der Waals surface area contributed by atoms with Crippen LogP contribution in [0.1, 0.15) is 83.0 Å². The summed E-state index contributed by atoms with van der Waals surface area (Å²) >= 11 is 0. The van der Waals surface area contributed by atoms with Crippen molar-refractivity contribution in [1.82, 2.24) is 36.5 Å². The molecule has 0 saturated heterocycles. The number of nitrogens with zero attached hydrogens (tertiary/aromatic N) is 8. The molecule has 0 aliphatic rings. The van der Waals surface area contributed by atoms with Gasteiger partial charge < -0.3 is 36.5 Å². The van der Waals surface area contributed by atoms with Crippen molar-refractivity contribution in [1.29, 1.82) is 0 Å². The SMILES string of the molecule is Cc1ccc2c(c1)c1cc(C)ccc1n2CCCCn1c2ccccc2c2ccccc21.Cc1ccc2c(c1)c1cc(C)ccc1n2CCCn1c2ccccc2c2ccccc21.Cc1ccc2c3ccc(C)cc3n(CCCCn3c4ccccc4c4ccccc43)c2c1.Cc1ccc2c3ccc(C)cc3n(CCCn3c4ccccc4c4ccccc43)c2c1. The van der Waals surface area contributed by atoms with E-state index in [1.807, 2.05) is 0 Å². The molecule has 0 atom stereocenters. The zero-order valence-electron chi connectivity index (χ0n) is 73.8. The molecule has 8 heteroatoms. The molecule has 0 saturated carbocycles. The van der Waals surface area contributed by atoms with Gasteiger partial charge >= 0.3 is 0 Å². The van der Waals surface area contributed by atoms with Crippen molar-refractivity contribution in [2.45, 2.75) is 146 Å². The molecule has 620 valence electrons. The molecule has 0 aliphatic heterocycles. The number of fused-ring (bicyclic) bond motifs is 24. The maximum absolute atomic E-state index is 2.54. The van der Waals surface area contributed by atoms with Crippen LogP contribution >= 0.6 is 0 Å². The molecule has 24 aromatic rings. The van der Waals surface area contributed by atoms with Crippen molar-refractivity contribution < 1.29 is 0 Å². The highest BCUT2D eigenvalue weighted by Crippen LogP contribution is 2.40. The monoisotopic (exact) mass is 1640 g/mol. The molecule has 0 radical (unpaired) electrons. The predicted octanol–water partition coefficient (Wildman–Crippen LogP) is 31.2. The standard InChI is InChI=1S/2C30H28N2.2C29H26N2/c1-21-13-15-29-25(19-21)26-20-22(2)14-16-30(26)32(29)18-8-7-17-31-27-11-5-3-9-23(27)24-10-4-6-12-28(24)31;1-21-13-15-25-26-16-14-22(2)20-30(26)32(29(25)19-21)18-8-7-17-31-27-11-5-3-9-23(27)24-10-4-6-12-28(24)31;1-20-12-14-28-24(18-20)25-19-21(2)13-15-29(25)31(28)17-7-16-30-26-10-5-3-8-22(26)23-9-4-6-11-27(23)30;1-20-12-14-24-25-15-13-21(2)19-29(25)31(28(24)18-20)17-7-16-30-26-10-5-3-8-22(26)23-9-4-6-11-27(23)30/h2*3-6,9-16,19-20H,7-8,17-18H2,1-2H3;2*3-6,8-15,18-19H,7,16-17H2,1-2H3. The Morgan fingerprint density at radius 1 is 0.119 bits per heavy atom.